The Balaban J connectivity index is 1.53. The molecule has 6 heteroatoms. The summed E-state index contributed by atoms with van der Waals surface area (Å²) < 4.78 is 12.5. The number of carbonyl (C=O) groups excluding carboxylic acids is 1. The van der Waals surface area contributed by atoms with Crippen molar-refractivity contribution in [3.05, 3.63) is 41.9 Å². The highest BCUT2D eigenvalue weighted by Crippen LogP contribution is 2.23. The number of furan rings is 1. The summed E-state index contributed by atoms with van der Waals surface area (Å²) in [5, 5.41) is 0. The molecule has 0 N–H and O–H groups in total. The highest BCUT2D eigenvalue weighted by molar-refractivity contribution is 5.93. The molecule has 0 saturated carbocycles. The lowest BCUT2D eigenvalue weighted by atomic mass is 9.93. The molecule has 3 rings (SSSR count). The van der Waals surface area contributed by atoms with E-state index in [1.54, 1.807) is 19.4 Å². The summed E-state index contributed by atoms with van der Waals surface area (Å²) in [6, 6.07) is 1.73. The van der Waals surface area contributed by atoms with Crippen LogP contribution in [0.2, 0.25) is 0 Å². The van der Waals surface area contributed by atoms with Crippen LogP contribution in [0.15, 0.2) is 29.2 Å². The molecule has 1 aliphatic heterocycles. The second-order valence-corrected chi connectivity index (χ2v) is 6.77. The highest BCUT2D eigenvalue weighted by atomic mass is 16.5. The second-order valence-electron chi connectivity index (χ2n) is 6.77. The minimum atomic E-state index is 0.0733. The van der Waals surface area contributed by atoms with Gasteiger partial charge in [-0.3, -0.25) is 4.79 Å². The van der Waals surface area contributed by atoms with Crippen molar-refractivity contribution in [2.24, 2.45) is 5.92 Å². The van der Waals surface area contributed by atoms with Crippen LogP contribution in [-0.2, 0) is 17.7 Å². The molecule has 0 spiro atoms. The number of amides is 1. The molecule has 136 valence electrons. The molecule has 2 aromatic heterocycles. The molecule has 1 fully saturated rings. The molecule has 0 atom stereocenters. The fourth-order valence-corrected chi connectivity index (χ4v) is 3.51. The van der Waals surface area contributed by atoms with Gasteiger partial charge in [0.15, 0.2) is 0 Å². The van der Waals surface area contributed by atoms with Crippen molar-refractivity contribution in [1.29, 1.82) is 0 Å². The third-order valence-electron chi connectivity index (χ3n) is 5.01. The highest BCUT2D eigenvalue weighted by Gasteiger charge is 2.25. The number of aromatic nitrogens is 2. The van der Waals surface area contributed by atoms with Crippen molar-refractivity contribution in [3.63, 3.8) is 0 Å². The summed E-state index contributed by atoms with van der Waals surface area (Å²) in [7, 11) is 1.74. The SMILES string of the molecule is COCCCn1c(C)cnc1CC1CCN(C(=O)c2ccoc2)CC1. The van der Waals surface area contributed by atoms with E-state index in [9.17, 15) is 4.79 Å². The van der Waals surface area contributed by atoms with E-state index < -0.39 is 0 Å². The first-order chi connectivity index (χ1) is 12.2. The number of carbonyl (C=O) groups is 1. The smallest absolute Gasteiger partial charge is 0.257 e. The van der Waals surface area contributed by atoms with Gasteiger partial charge in [-0.25, -0.2) is 4.98 Å². The number of hydrogen-bond donors (Lipinski definition) is 0. The number of methoxy groups -OCH3 is 1. The maximum Gasteiger partial charge on any atom is 0.257 e. The van der Waals surface area contributed by atoms with Crippen molar-refractivity contribution in [3.8, 4) is 0 Å². The molecule has 1 saturated heterocycles. The van der Waals surface area contributed by atoms with Gasteiger partial charge in [0, 0.05) is 51.7 Å². The van der Waals surface area contributed by atoms with Gasteiger partial charge in [-0.05, 0) is 38.2 Å². The number of piperidine rings is 1. The first kappa shape index (κ1) is 17.7. The summed E-state index contributed by atoms with van der Waals surface area (Å²) in [5.41, 5.74) is 1.85. The number of aryl methyl sites for hydroxylation is 1. The average molecular weight is 345 g/mol. The lowest BCUT2D eigenvalue weighted by Crippen LogP contribution is -2.39. The molecular weight excluding hydrogens is 318 g/mol. The molecule has 0 unspecified atom stereocenters. The Labute approximate surface area is 148 Å². The van der Waals surface area contributed by atoms with Crippen LogP contribution in [0.3, 0.4) is 0 Å². The largest absolute Gasteiger partial charge is 0.472 e. The lowest BCUT2D eigenvalue weighted by Gasteiger charge is -2.31. The summed E-state index contributed by atoms with van der Waals surface area (Å²) in [6.45, 7) is 5.43. The van der Waals surface area contributed by atoms with E-state index in [0.717, 1.165) is 57.7 Å². The van der Waals surface area contributed by atoms with E-state index in [2.05, 4.69) is 16.5 Å². The number of nitrogens with zero attached hydrogens (tertiary/aromatic N) is 3. The van der Waals surface area contributed by atoms with Gasteiger partial charge >= 0.3 is 0 Å². The fraction of sp³-hybridized carbons (Fsp3) is 0.579. The van der Waals surface area contributed by atoms with Gasteiger partial charge in [0.05, 0.1) is 11.8 Å². The van der Waals surface area contributed by atoms with Crippen molar-refractivity contribution in [2.75, 3.05) is 26.8 Å². The van der Waals surface area contributed by atoms with Gasteiger partial charge in [0.25, 0.3) is 5.91 Å². The van der Waals surface area contributed by atoms with E-state index in [-0.39, 0.29) is 5.91 Å². The van der Waals surface area contributed by atoms with Gasteiger partial charge < -0.3 is 18.6 Å². The van der Waals surface area contributed by atoms with Crippen molar-refractivity contribution in [2.45, 2.75) is 39.2 Å². The van der Waals surface area contributed by atoms with Crippen LogP contribution in [-0.4, -0.2) is 47.2 Å². The van der Waals surface area contributed by atoms with Crippen LogP contribution in [0.25, 0.3) is 0 Å². The van der Waals surface area contributed by atoms with Gasteiger partial charge in [-0.15, -0.1) is 0 Å². The zero-order valence-electron chi connectivity index (χ0n) is 15.1. The van der Waals surface area contributed by atoms with E-state index in [1.807, 2.05) is 11.1 Å². The Morgan fingerprint density at radius 1 is 1.40 bits per heavy atom. The first-order valence-electron chi connectivity index (χ1n) is 9.00. The predicted octanol–water partition coefficient (Wildman–Crippen LogP) is 2.92. The van der Waals surface area contributed by atoms with Crippen LogP contribution >= 0.6 is 0 Å². The molecular formula is C19H27N3O3. The van der Waals surface area contributed by atoms with Crippen molar-refractivity contribution in [1.82, 2.24) is 14.5 Å². The maximum atomic E-state index is 12.4. The number of likely N-dealkylation sites (tertiary alicyclic amines) is 1. The molecule has 2 aromatic rings. The molecule has 0 radical (unpaired) electrons. The molecule has 25 heavy (non-hydrogen) atoms. The number of imidazole rings is 1. The Hall–Kier alpha value is -2.08. The summed E-state index contributed by atoms with van der Waals surface area (Å²) in [6.07, 6.45) is 9.05. The van der Waals surface area contributed by atoms with Gasteiger partial charge in [-0.1, -0.05) is 0 Å². The fourth-order valence-electron chi connectivity index (χ4n) is 3.51. The average Bonchev–Trinajstić information content (AvgIpc) is 3.27. The summed E-state index contributed by atoms with van der Waals surface area (Å²) in [4.78, 5) is 18.9. The van der Waals surface area contributed by atoms with Crippen LogP contribution in [0.4, 0.5) is 0 Å². The maximum absolute atomic E-state index is 12.4. The lowest BCUT2D eigenvalue weighted by molar-refractivity contribution is 0.0688. The quantitative estimate of drug-likeness (QED) is 0.724. The Morgan fingerprint density at radius 3 is 2.88 bits per heavy atom. The number of hydrogen-bond acceptors (Lipinski definition) is 4. The molecule has 6 nitrogen and oxygen atoms in total. The van der Waals surface area contributed by atoms with E-state index >= 15 is 0 Å². The molecule has 1 aliphatic rings. The van der Waals surface area contributed by atoms with Crippen LogP contribution in [0, 0.1) is 12.8 Å². The molecule has 1 amide bonds. The minimum absolute atomic E-state index is 0.0733. The van der Waals surface area contributed by atoms with E-state index in [0.29, 0.717) is 11.5 Å². The van der Waals surface area contributed by atoms with Crippen LogP contribution in [0.1, 0.15) is 41.1 Å². The van der Waals surface area contributed by atoms with E-state index in [4.69, 9.17) is 9.15 Å². The Bertz CT molecular complexity index is 670. The second kappa shape index (κ2) is 8.34. The molecule has 0 aliphatic carbocycles. The number of rotatable bonds is 7. The van der Waals surface area contributed by atoms with Crippen molar-refractivity contribution < 1.29 is 13.9 Å². The third-order valence-corrected chi connectivity index (χ3v) is 5.01. The minimum Gasteiger partial charge on any atom is -0.472 e. The summed E-state index contributed by atoms with van der Waals surface area (Å²) >= 11 is 0. The van der Waals surface area contributed by atoms with Crippen LogP contribution in [0.5, 0.6) is 0 Å². The van der Waals surface area contributed by atoms with Gasteiger partial charge in [-0.2, -0.15) is 0 Å². The Kier molecular flexibility index (Phi) is 5.91. The number of ether oxygens (including phenoxy) is 1. The first-order valence-corrected chi connectivity index (χ1v) is 9.00. The van der Waals surface area contributed by atoms with Gasteiger partial charge in [0.2, 0.25) is 0 Å². The van der Waals surface area contributed by atoms with Crippen molar-refractivity contribution >= 4 is 5.91 Å². The topological polar surface area (TPSA) is 60.5 Å². The molecule has 3 heterocycles. The zero-order valence-corrected chi connectivity index (χ0v) is 15.1. The van der Waals surface area contributed by atoms with E-state index in [1.165, 1.54) is 12.0 Å². The van der Waals surface area contributed by atoms with Crippen LogP contribution < -0.4 is 0 Å². The normalized spacial score (nSPS) is 15.7. The zero-order chi connectivity index (χ0) is 17.6. The molecule has 0 aromatic carbocycles. The predicted molar refractivity (Wildman–Crippen MR) is 94.5 cm³/mol. The van der Waals surface area contributed by atoms with Gasteiger partial charge in [0.1, 0.15) is 12.1 Å². The monoisotopic (exact) mass is 345 g/mol. The molecule has 0 bridgehead atoms. The Morgan fingerprint density at radius 2 is 2.20 bits per heavy atom. The standard InChI is InChI=1S/C19H27N3O3/c1-15-13-20-18(22(15)7-3-10-24-2)12-16-4-8-21(9-5-16)19(23)17-6-11-25-14-17/h6,11,13-14,16H,3-5,7-10,12H2,1-2H3. The third kappa shape index (κ3) is 4.31. The summed E-state index contributed by atoms with van der Waals surface area (Å²) in [5.74, 6) is 1.81.